The van der Waals surface area contributed by atoms with E-state index in [1.165, 1.54) is 6.08 Å². The van der Waals surface area contributed by atoms with Crippen LogP contribution in [0.15, 0.2) is 70.7 Å². The van der Waals surface area contributed by atoms with Gasteiger partial charge in [0.05, 0.1) is 10.2 Å². The smallest absolute Gasteiger partial charge is 0.335 e. The van der Waals surface area contributed by atoms with Gasteiger partial charge >= 0.3 is 6.03 Å². The summed E-state index contributed by atoms with van der Waals surface area (Å²) < 4.78 is 6.51. The Hall–Kier alpha value is -3.42. The number of carbonyl (C=O) groups is 3. The summed E-state index contributed by atoms with van der Waals surface area (Å²) in [4.78, 5) is 39.0. The lowest BCUT2D eigenvalue weighted by molar-refractivity contribution is -0.122. The third kappa shape index (κ3) is 5.21. The van der Waals surface area contributed by atoms with Crippen LogP contribution in [0.5, 0.6) is 5.75 Å². The normalized spacial score (nSPS) is 15.0. The number of nitrogens with zero attached hydrogens (tertiary/aromatic N) is 1. The van der Waals surface area contributed by atoms with E-state index in [-0.39, 0.29) is 5.57 Å². The second-order valence-corrected chi connectivity index (χ2v) is 9.20. The minimum Gasteiger partial charge on any atom is -0.488 e. The van der Waals surface area contributed by atoms with Gasteiger partial charge in [0.15, 0.2) is 0 Å². The number of nitrogens with one attached hydrogen (secondary N) is 1. The number of ether oxygens (including phenoxy) is 1. The molecule has 0 radical (unpaired) electrons. The van der Waals surface area contributed by atoms with Crippen LogP contribution in [0, 0.1) is 13.8 Å². The van der Waals surface area contributed by atoms with Crippen LogP contribution in [0.3, 0.4) is 0 Å². The molecule has 6 nitrogen and oxygen atoms in total. The number of anilines is 1. The number of rotatable bonds is 5. The molecule has 172 valence electrons. The lowest BCUT2D eigenvalue weighted by Gasteiger charge is -2.27. The van der Waals surface area contributed by atoms with Crippen LogP contribution in [0.1, 0.15) is 22.3 Å². The highest BCUT2D eigenvalue weighted by Gasteiger charge is 2.37. The Morgan fingerprint density at radius 2 is 1.65 bits per heavy atom. The monoisotopic (exact) mass is 538 g/mol. The molecule has 1 aliphatic rings. The van der Waals surface area contributed by atoms with Gasteiger partial charge in [-0.2, -0.15) is 0 Å². The molecule has 1 aliphatic heterocycles. The van der Waals surface area contributed by atoms with E-state index in [1.807, 2.05) is 32.0 Å². The number of halogens is 2. The minimum atomic E-state index is -0.774. The molecule has 4 amide bonds. The van der Waals surface area contributed by atoms with E-state index >= 15 is 0 Å². The summed E-state index contributed by atoms with van der Waals surface area (Å²) >= 11 is 9.39. The number of barbiturate groups is 1. The predicted molar refractivity (Wildman–Crippen MR) is 135 cm³/mol. The number of aryl methyl sites for hydroxylation is 2. The molecule has 1 heterocycles. The van der Waals surface area contributed by atoms with Crippen molar-refractivity contribution in [2.24, 2.45) is 0 Å². The molecule has 0 unspecified atom stereocenters. The molecule has 0 atom stereocenters. The summed E-state index contributed by atoms with van der Waals surface area (Å²) in [7, 11) is 0. The molecular weight excluding hydrogens is 520 g/mol. The minimum absolute atomic E-state index is 0.138. The van der Waals surface area contributed by atoms with Crippen molar-refractivity contribution in [3.63, 3.8) is 0 Å². The van der Waals surface area contributed by atoms with Crippen LogP contribution >= 0.6 is 27.5 Å². The molecule has 0 bridgehead atoms. The molecule has 3 aromatic carbocycles. The second kappa shape index (κ2) is 9.83. The van der Waals surface area contributed by atoms with E-state index in [4.69, 9.17) is 16.3 Å². The number of imide groups is 2. The van der Waals surface area contributed by atoms with E-state index in [9.17, 15) is 14.4 Å². The van der Waals surface area contributed by atoms with Crippen molar-refractivity contribution in [3.05, 3.63) is 98.0 Å². The summed E-state index contributed by atoms with van der Waals surface area (Å²) in [5.74, 6) is -0.823. The molecule has 1 N–H and O–H groups in total. The summed E-state index contributed by atoms with van der Waals surface area (Å²) in [6.45, 7) is 4.10. The van der Waals surface area contributed by atoms with Crippen molar-refractivity contribution in [1.82, 2.24) is 5.32 Å². The molecule has 0 aliphatic carbocycles. The average molecular weight is 540 g/mol. The number of hydrogen-bond donors (Lipinski definition) is 1. The lowest BCUT2D eigenvalue weighted by atomic mass is 10.1. The lowest BCUT2D eigenvalue weighted by Crippen LogP contribution is -2.54. The maximum absolute atomic E-state index is 13.1. The van der Waals surface area contributed by atoms with Gasteiger partial charge in [-0.15, -0.1) is 0 Å². The quantitative estimate of drug-likeness (QED) is 0.320. The van der Waals surface area contributed by atoms with Crippen molar-refractivity contribution in [2.75, 3.05) is 4.90 Å². The van der Waals surface area contributed by atoms with Crippen LogP contribution < -0.4 is 15.0 Å². The van der Waals surface area contributed by atoms with E-state index in [2.05, 4.69) is 21.2 Å². The molecule has 0 aromatic heterocycles. The highest BCUT2D eigenvalue weighted by Crippen LogP contribution is 2.29. The first-order chi connectivity index (χ1) is 16.2. The van der Waals surface area contributed by atoms with E-state index in [0.29, 0.717) is 33.1 Å². The molecule has 34 heavy (non-hydrogen) atoms. The Morgan fingerprint density at radius 1 is 0.971 bits per heavy atom. The molecule has 3 aromatic rings. The van der Waals surface area contributed by atoms with Crippen LogP contribution in [0.2, 0.25) is 5.02 Å². The fraction of sp³-hybridized carbons (Fsp3) is 0.115. The SMILES string of the molecule is Cc1cc(C)cc(N2C(=O)NC(=O)/C(=C\c3ccc(OCc4ccc(Cl)cc4)c(Br)c3)C2=O)c1. The zero-order chi connectivity index (χ0) is 24.4. The molecule has 1 saturated heterocycles. The fourth-order valence-electron chi connectivity index (χ4n) is 3.60. The highest BCUT2D eigenvalue weighted by molar-refractivity contribution is 9.10. The Morgan fingerprint density at radius 3 is 2.29 bits per heavy atom. The summed E-state index contributed by atoms with van der Waals surface area (Å²) in [6.07, 6.45) is 1.45. The van der Waals surface area contributed by atoms with Gasteiger partial charge in [0, 0.05) is 5.02 Å². The van der Waals surface area contributed by atoms with Gasteiger partial charge in [-0.3, -0.25) is 14.9 Å². The topological polar surface area (TPSA) is 75.7 Å². The summed E-state index contributed by atoms with van der Waals surface area (Å²) in [5, 5.41) is 2.90. The number of hydrogen-bond acceptors (Lipinski definition) is 4. The van der Waals surface area contributed by atoms with Crippen molar-refractivity contribution < 1.29 is 19.1 Å². The van der Waals surface area contributed by atoms with E-state index < -0.39 is 17.8 Å². The van der Waals surface area contributed by atoms with Gasteiger partial charge in [-0.1, -0.05) is 35.9 Å². The maximum atomic E-state index is 13.1. The van der Waals surface area contributed by atoms with E-state index in [0.717, 1.165) is 21.6 Å². The Labute approximate surface area is 210 Å². The van der Waals surface area contributed by atoms with Crippen LogP contribution in [-0.4, -0.2) is 17.8 Å². The molecule has 1 fully saturated rings. The zero-order valence-electron chi connectivity index (χ0n) is 18.4. The first-order valence-electron chi connectivity index (χ1n) is 10.4. The average Bonchev–Trinajstić information content (AvgIpc) is 2.76. The number of urea groups is 1. The number of amides is 4. The van der Waals surface area contributed by atoms with Crippen molar-refractivity contribution >= 4 is 57.1 Å². The van der Waals surface area contributed by atoms with Gasteiger partial charge in [0.2, 0.25) is 0 Å². The van der Waals surface area contributed by atoms with Crippen LogP contribution in [0.4, 0.5) is 10.5 Å². The standard InChI is InChI=1S/C26H20BrClN2O4/c1-15-9-16(2)11-20(10-15)30-25(32)21(24(31)29-26(30)33)12-18-5-8-23(22(27)13-18)34-14-17-3-6-19(28)7-4-17/h3-13H,14H2,1-2H3,(H,29,31,33)/b21-12+. The first kappa shape index (κ1) is 23.7. The molecular formula is C26H20BrClN2O4. The first-order valence-corrected chi connectivity index (χ1v) is 11.5. The molecule has 0 saturated carbocycles. The summed E-state index contributed by atoms with van der Waals surface area (Å²) in [6, 6.07) is 17.2. The largest absolute Gasteiger partial charge is 0.488 e. The highest BCUT2D eigenvalue weighted by atomic mass is 79.9. The Kier molecular flexibility index (Phi) is 6.86. The Bertz CT molecular complexity index is 1310. The van der Waals surface area contributed by atoms with E-state index in [1.54, 1.807) is 42.5 Å². The van der Waals surface area contributed by atoms with Crippen LogP contribution in [-0.2, 0) is 16.2 Å². The van der Waals surface area contributed by atoms with Gasteiger partial charge in [0.25, 0.3) is 11.8 Å². The summed E-state index contributed by atoms with van der Waals surface area (Å²) in [5.41, 5.74) is 3.63. The van der Waals surface area contributed by atoms with Crippen molar-refractivity contribution in [2.45, 2.75) is 20.5 Å². The molecule has 4 rings (SSSR count). The maximum Gasteiger partial charge on any atom is 0.335 e. The molecule has 8 heteroatoms. The zero-order valence-corrected chi connectivity index (χ0v) is 20.7. The van der Waals surface area contributed by atoms with Gasteiger partial charge in [-0.25, -0.2) is 9.69 Å². The second-order valence-electron chi connectivity index (χ2n) is 7.91. The van der Waals surface area contributed by atoms with Gasteiger partial charge in [-0.05, 0) is 94.5 Å². The Balaban J connectivity index is 1.57. The van der Waals surface area contributed by atoms with Crippen molar-refractivity contribution in [3.8, 4) is 5.75 Å². The fourth-order valence-corrected chi connectivity index (χ4v) is 4.24. The molecule has 0 spiro atoms. The number of carbonyl (C=O) groups excluding carboxylic acids is 3. The van der Waals surface area contributed by atoms with Crippen molar-refractivity contribution in [1.29, 1.82) is 0 Å². The number of benzene rings is 3. The third-order valence-electron chi connectivity index (χ3n) is 5.14. The third-order valence-corrected chi connectivity index (χ3v) is 6.01. The van der Waals surface area contributed by atoms with Gasteiger partial charge in [0.1, 0.15) is 17.9 Å². The van der Waals surface area contributed by atoms with Gasteiger partial charge < -0.3 is 4.74 Å². The van der Waals surface area contributed by atoms with Crippen LogP contribution in [0.25, 0.3) is 6.08 Å². The predicted octanol–water partition coefficient (Wildman–Crippen LogP) is 5.96.